The van der Waals surface area contributed by atoms with Crippen molar-refractivity contribution in [2.45, 2.75) is 6.42 Å². The van der Waals surface area contributed by atoms with E-state index in [4.69, 9.17) is 10.8 Å². The number of nitrogen functional groups attached to an aromatic ring is 1. The lowest BCUT2D eigenvalue weighted by Crippen LogP contribution is -1.97. The van der Waals surface area contributed by atoms with Crippen LogP contribution in [0.25, 0.3) is 17.4 Å². The molecular weight excluding hydrogens is 222 g/mol. The Bertz CT molecular complexity index is 618. The zero-order chi connectivity index (χ0) is 12.0. The summed E-state index contributed by atoms with van der Waals surface area (Å²) < 4.78 is 1.68. The summed E-state index contributed by atoms with van der Waals surface area (Å²) >= 11 is 0. The van der Waals surface area contributed by atoms with Crippen molar-refractivity contribution in [2.75, 3.05) is 12.3 Å². The Morgan fingerprint density at radius 2 is 2.35 bits per heavy atom. The van der Waals surface area contributed by atoms with Gasteiger partial charge in [-0.1, -0.05) is 0 Å². The molecule has 4 N–H and O–H groups in total. The van der Waals surface area contributed by atoms with E-state index in [2.05, 4.69) is 15.0 Å². The van der Waals surface area contributed by atoms with Crippen LogP contribution in [0.5, 0.6) is 5.88 Å². The van der Waals surface area contributed by atoms with E-state index < -0.39 is 0 Å². The number of aromatic nitrogens is 4. The summed E-state index contributed by atoms with van der Waals surface area (Å²) in [5, 5.41) is 18.5. The quantitative estimate of drug-likeness (QED) is 0.671. The number of imidazole rings is 1. The molecule has 1 fully saturated rings. The largest absolute Gasteiger partial charge is 0.492 e. The van der Waals surface area contributed by atoms with E-state index in [0.717, 1.165) is 12.0 Å². The van der Waals surface area contributed by atoms with E-state index in [0.29, 0.717) is 11.2 Å². The smallest absolute Gasteiger partial charge is 0.244 e. The lowest BCUT2D eigenvalue weighted by atomic mass is 10.4. The van der Waals surface area contributed by atoms with Crippen molar-refractivity contribution in [1.29, 1.82) is 0 Å². The molecule has 17 heavy (non-hydrogen) atoms. The third kappa shape index (κ3) is 1.60. The second kappa shape index (κ2) is 3.42. The number of hydrogen-bond acceptors (Lipinski definition) is 6. The van der Waals surface area contributed by atoms with E-state index in [1.807, 2.05) is 6.20 Å². The monoisotopic (exact) mass is 233 g/mol. The third-order valence-electron chi connectivity index (χ3n) is 2.79. The van der Waals surface area contributed by atoms with Crippen molar-refractivity contribution in [1.82, 2.24) is 19.5 Å². The van der Waals surface area contributed by atoms with E-state index in [1.54, 1.807) is 4.57 Å². The summed E-state index contributed by atoms with van der Waals surface area (Å²) in [6.07, 6.45) is 4.27. The molecule has 1 aliphatic rings. The molecular formula is C10H11N5O2. The molecule has 2 aromatic heterocycles. The van der Waals surface area contributed by atoms with E-state index in [9.17, 15) is 5.11 Å². The van der Waals surface area contributed by atoms with Gasteiger partial charge in [-0.15, -0.1) is 0 Å². The van der Waals surface area contributed by atoms with Crippen molar-refractivity contribution < 1.29 is 10.2 Å². The molecule has 1 aliphatic carbocycles. The maximum absolute atomic E-state index is 9.55. The summed E-state index contributed by atoms with van der Waals surface area (Å²) in [7, 11) is 0. The summed E-state index contributed by atoms with van der Waals surface area (Å²) in [5.74, 6) is 0.0176. The number of aliphatic hydroxyl groups excluding tert-OH is 1. The first-order chi connectivity index (χ1) is 8.19. The van der Waals surface area contributed by atoms with Gasteiger partial charge in [-0.3, -0.25) is 4.57 Å². The number of nitrogens with two attached hydrogens (primary N) is 1. The third-order valence-corrected chi connectivity index (χ3v) is 2.79. The second-order valence-electron chi connectivity index (χ2n) is 4.02. The predicted octanol–water partition coefficient (Wildman–Crippen LogP) is -0.0328. The first-order valence-corrected chi connectivity index (χ1v) is 5.19. The highest BCUT2D eigenvalue weighted by molar-refractivity contribution is 5.79. The van der Waals surface area contributed by atoms with Crippen LogP contribution in [0.15, 0.2) is 11.9 Å². The normalized spacial score (nSPS) is 21.2. The SMILES string of the molecule is Nc1nc(O)c2ncn(/C=C3\CC3CO)c2n1. The van der Waals surface area contributed by atoms with Crippen molar-refractivity contribution in [3.63, 3.8) is 0 Å². The van der Waals surface area contributed by atoms with Gasteiger partial charge in [0.1, 0.15) is 6.33 Å². The molecule has 2 heterocycles. The molecule has 0 amide bonds. The van der Waals surface area contributed by atoms with Crippen LogP contribution < -0.4 is 5.73 Å². The average molecular weight is 233 g/mol. The number of aromatic hydroxyl groups is 1. The van der Waals surface area contributed by atoms with Crippen molar-refractivity contribution >= 4 is 23.3 Å². The van der Waals surface area contributed by atoms with Gasteiger partial charge in [-0.05, 0) is 12.0 Å². The van der Waals surface area contributed by atoms with Crippen LogP contribution in [-0.4, -0.2) is 36.3 Å². The highest BCUT2D eigenvalue weighted by atomic mass is 16.3. The minimum atomic E-state index is -0.223. The number of aliphatic hydroxyl groups is 1. The van der Waals surface area contributed by atoms with Gasteiger partial charge in [0.05, 0.1) is 0 Å². The average Bonchev–Trinajstić information content (AvgIpc) is 2.92. The fraction of sp³-hybridized carbons (Fsp3) is 0.300. The van der Waals surface area contributed by atoms with Crippen molar-refractivity contribution in [2.24, 2.45) is 5.92 Å². The molecule has 0 spiro atoms. The minimum absolute atomic E-state index is 0.00431. The molecule has 0 radical (unpaired) electrons. The van der Waals surface area contributed by atoms with Gasteiger partial charge < -0.3 is 15.9 Å². The fourth-order valence-electron chi connectivity index (χ4n) is 1.76. The molecule has 2 aromatic rings. The minimum Gasteiger partial charge on any atom is -0.492 e. The molecule has 0 bridgehead atoms. The lowest BCUT2D eigenvalue weighted by molar-refractivity contribution is 0.281. The number of hydrogen-bond donors (Lipinski definition) is 3. The zero-order valence-corrected chi connectivity index (χ0v) is 8.91. The summed E-state index contributed by atoms with van der Waals surface area (Å²) in [6.45, 7) is 0.154. The Kier molecular flexibility index (Phi) is 2.02. The maximum Gasteiger partial charge on any atom is 0.244 e. The Labute approximate surface area is 96.2 Å². The topological polar surface area (TPSA) is 110 Å². The highest BCUT2D eigenvalue weighted by Crippen LogP contribution is 2.37. The standard InChI is InChI=1S/C10H11N5O2/c11-10-13-8-7(9(17)14-10)12-4-15(8)2-5-1-6(5)3-16/h2,4,6,16H,1,3H2,(H3,11,13,14,17)/b5-2+. The lowest BCUT2D eigenvalue weighted by Gasteiger charge is -1.97. The van der Waals surface area contributed by atoms with Gasteiger partial charge in [0.2, 0.25) is 11.8 Å². The first kappa shape index (κ1) is 10.0. The van der Waals surface area contributed by atoms with Crippen LogP contribution in [0, 0.1) is 5.92 Å². The number of rotatable bonds is 2. The highest BCUT2D eigenvalue weighted by Gasteiger charge is 2.28. The molecule has 7 heteroatoms. The molecule has 88 valence electrons. The Balaban J connectivity index is 2.09. The van der Waals surface area contributed by atoms with Gasteiger partial charge >= 0.3 is 0 Å². The van der Waals surface area contributed by atoms with Crippen molar-refractivity contribution in [3.8, 4) is 5.88 Å². The molecule has 0 saturated heterocycles. The first-order valence-electron chi connectivity index (χ1n) is 5.19. The van der Waals surface area contributed by atoms with Crippen LogP contribution in [-0.2, 0) is 0 Å². The van der Waals surface area contributed by atoms with E-state index >= 15 is 0 Å². The molecule has 0 aromatic carbocycles. The summed E-state index contributed by atoms with van der Waals surface area (Å²) in [4.78, 5) is 11.7. The Morgan fingerprint density at radius 3 is 3.06 bits per heavy atom. The van der Waals surface area contributed by atoms with Gasteiger partial charge in [0, 0.05) is 18.7 Å². The van der Waals surface area contributed by atoms with Gasteiger partial charge in [-0.25, -0.2) is 4.98 Å². The van der Waals surface area contributed by atoms with Gasteiger partial charge in [-0.2, -0.15) is 9.97 Å². The zero-order valence-electron chi connectivity index (χ0n) is 8.91. The molecule has 1 atom stereocenters. The van der Waals surface area contributed by atoms with Crippen molar-refractivity contribution in [3.05, 3.63) is 11.9 Å². The van der Waals surface area contributed by atoms with E-state index in [1.165, 1.54) is 6.33 Å². The molecule has 1 saturated carbocycles. The predicted molar refractivity (Wildman–Crippen MR) is 60.9 cm³/mol. The fourth-order valence-corrected chi connectivity index (χ4v) is 1.76. The number of nitrogens with zero attached hydrogens (tertiary/aromatic N) is 4. The maximum atomic E-state index is 9.55. The van der Waals surface area contributed by atoms with Crippen LogP contribution in [0.3, 0.4) is 0 Å². The van der Waals surface area contributed by atoms with Crippen LogP contribution in [0.4, 0.5) is 5.95 Å². The molecule has 0 aliphatic heterocycles. The Hall–Kier alpha value is -2.15. The Morgan fingerprint density at radius 1 is 1.53 bits per heavy atom. The van der Waals surface area contributed by atoms with Crippen LogP contribution in [0.2, 0.25) is 0 Å². The number of fused-ring (bicyclic) bond motifs is 1. The van der Waals surface area contributed by atoms with Crippen LogP contribution >= 0.6 is 0 Å². The summed E-state index contributed by atoms with van der Waals surface area (Å²) in [5.41, 5.74) is 7.38. The van der Waals surface area contributed by atoms with Gasteiger partial charge in [0.15, 0.2) is 11.2 Å². The number of anilines is 1. The summed E-state index contributed by atoms with van der Waals surface area (Å²) in [6, 6.07) is 0. The molecule has 3 rings (SSSR count). The van der Waals surface area contributed by atoms with Gasteiger partial charge in [0.25, 0.3) is 0 Å². The molecule has 7 nitrogen and oxygen atoms in total. The molecule has 1 unspecified atom stereocenters. The van der Waals surface area contributed by atoms with Crippen LogP contribution in [0.1, 0.15) is 6.42 Å². The second-order valence-corrected chi connectivity index (χ2v) is 4.02. The van der Waals surface area contributed by atoms with E-state index in [-0.39, 0.29) is 24.4 Å².